The first-order valence-corrected chi connectivity index (χ1v) is 4.16. The fourth-order valence-electron chi connectivity index (χ4n) is 2.37. The van der Waals surface area contributed by atoms with Crippen LogP contribution in [-0.4, -0.2) is 24.0 Å². The van der Waals surface area contributed by atoms with Gasteiger partial charge in [0, 0.05) is 12.6 Å². The van der Waals surface area contributed by atoms with Crippen LogP contribution in [0.25, 0.3) is 0 Å². The molecule has 0 bridgehead atoms. The average Bonchev–Trinajstić information content (AvgIpc) is 2.14. The lowest BCUT2D eigenvalue weighted by Gasteiger charge is -2.44. The second-order valence-corrected chi connectivity index (χ2v) is 3.35. The van der Waals surface area contributed by atoms with Crippen molar-refractivity contribution >= 4 is 0 Å². The third-order valence-electron chi connectivity index (χ3n) is 2.96. The Kier molecular flexibility index (Phi) is 1.26. The second-order valence-electron chi connectivity index (χ2n) is 3.35. The zero-order chi connectivity index (χ0) is 6.27. The van der Waals surface area contributed by atoms with E-state index in [-0.39, 0.29) is 0 Å². The van der Waals surface area contributed by atoms with Gasteiger partial charge in [-0.2, -0.15) is 0 Å². The van der Waals surface area contributed by atoms with Crippen LogP contribution < -0.4 is 0 Å². The Morgan fingerprint density at radius 1 is 1.44 bits per heavy atom. The van der Waals surface area contributed by atoms with Crippen LogP contribution in [0.3, 0.4) is 0 Å². The van der Waals surface area contributed by atoms with Crippen molar-refractivity contribution in [2.75, 3.05) is 13.1 Å². The number of hydrogen-bond acceptors (Lipinski definition) is 1. The minimum Gasteiger partial charge on any atom is -0.300 e. The Morgan fingerprint density at radius 2 is 2.33 bits per heavy atom. The Balaban J connectivity index is 1.93. The van der Waals surface area contributed by atoms with Crippen LogP contribution in [0.1, 0.15) is 26.2 Å². The van der Waals surface area contributed by atoms with E-state index in [0.29, 0.717) is 0 Å². The van der Waals surface area contributed by atoms with Crippen LogP contribution >= 0.6 is 0 Å². The van der Waals surface area contributed by atoms with Gasteiger partial charge in [0.15, 0.2) is 0 Å². The van der Waals surface area contributed by atoms with Gasteiger partial charge in [0.25, 0.3) is 0 Å². The monoisotopic (exact) mass is 125 g/mol. The zero-order valence-corrected chi connectivity index (χ0v) is 6.14. The van der Waals surface area contributed by atoms with Gasteiger partial charge in [-0.15, -0.1) is 0 Å². The molecule has 1 saturated heterocycles. The van der Waals surface area contributed by atoms with Crippen molar-refractivity contribution in [1.29, 1.82) is 0 Å². The van der Waals surface area contributed by atoms with Crippen LogP contribution in [-0.2, 0) is 0 Å². The molecule has 2 aliphatic rings. The quantitative estimate of drug-likeness (QED) is 0.513. The van der Waals surface area contributed by atoms with E-state index in [1.165, 1.54) is 32.4 Å². The molecule has 2 rings (SSSR count). The van der Waals surface area contributed by atoms with Gasteiger partial charge in [-0.25, -0.2) is 0 Å². The van der Waals surface area contributed by atoms with Gasteiger partial charge in [0.2, 0.25) is 0 Å². The molecule has 52 valence electrons. The van der Waals surface area contributed by atoms with Crippen molar-refractivity contribution in [3.8, 4) is 0 Å². The molecule has 0 aromatic carbocycles. The van der Waals surface area contributed by atoms with Crippen molar-refractivity contribution in [2.24, 2.45) is 5.92 Å². The fraction of sp³-hybridized carbons (Fsp3) is 1.00. The normalized spacial score (nSPS) is 42.3. The van der Waals surface area contributed by atoms with Crippen LogP contribution in [0.5, 0.6) is 0 Å². The van der Waals surface area contributed by atoms with Crippen LogP contribution in [0.4, 0.5) is 0 Å². The summed E-state index contributed by atoms with van der Waals surface area (Å²) < 4.78 is 0. The van der Waals surface area contributed by atoms with Gasteiger partial charge in [-0.1, -0.05) is 13.3 Å². The topological polar surface area (TPSA) is 3.24 Å². The van der Waals surface area contributed by atoms with E-state index in [1.54, 1.807) is 0 Å². The summed E-state index contributed by atoms with van der Waals surface area (Å²) >= 11 is 0. The lowest BCUT2D eigenvalue weighted by Crippen LogP contribution is -2.52. The summed E-state index contributed by atoms with van der Waals surface area (Å²) in [6.07, 6.45) is 4.49. The molecule has 1 nitrogen and oxygen atoms in total. The van der Waals surface area contributed by atoms with Crippen molar-refractivity contribution in [3.05, 3.63) is 0 Å². The highest BCUT2D eigenvalue weighted by molar-refractivity contribution is 4.95. The van der Waals surface area contributed by atoms with Gasteiger partial charge in [-0.3, -0.25) is 0 Å². The molecule has 2 fully saturated rings. The third-order valence-corrected chi connectivity index (χ3v) is 2.96. The minimum atomic E-state index is 1.01. The molecule has 0 radical (unpaired) electrons. The molecule has 1 saturated carbocycles. The van der Waals surface area contributed by atoms with E-state index in [0.717, 1.165) is 12.0 Å². The summed E-state index contributed by atoms with van der Waals surface area (Å²) in [6, 6.07) is 1.01. The molecule has 9 heavy (non-hydrogen) atoms. The Morgan fingerprint density at radius 3 is 3.00 bits per heavy atom. The van der Waals surface area contributed by atoms with E-state index in [4.69, 9.17) is 0 Å². The summed E-state index contributed by atoms with van der Waals surface area (Å²) in [5, 5.41) is 0. The highest BCUT2D eigenvalue weighted by Gasteiger charge is 2.40. The molecular weight excluding hydrogens is 110 g/mol. The molecule has 1 heteroatoms. The summed E-state index contributed by atoms with van der Waals surface area (Å²) in [5.41, 5.74) is 0. The van der Waals surface area contributed by atoms with E-state index in [2.05, 4.69) is 11.8 Å². The zero-order valence-electron chi connectivity index (χ0n) is 6.14. The maximum absolute atomic E-state index is 2.61. The Hall–Kier alpha value is -0.0400. The Labute approximate surface area is 57.0 Å². The molecule has 1 aliphatic heterocycles. The van der Waals surface area contributed by atoms with E-state index in [1.807, 2.05) is 0 Å². The molecule has 2 unspecified atom stereocenters. The second kappa shape index (κ2) is 1.98. The molecule has 0 aromatic heterocycles. The summed E-state index contributed by atoms with van der Waals surface area (Å²) in [6.45, 7) is 4.96. The predicted octanol–water partition coefficient (Wildman–Crippen LogP) is 1.49. The van der Waals surface area contributed by atoms with E-state index < -0.39 is 0 Å². The minimum absolute atomic E-state index is 1.01. The van der Waals surface area contributed by atoms with Gasteiger partial charge in [-0.05, 0) is 25.3 Å². The van der Waals surface area contributed by atoms with Crippen molar-refractivity contribution in [2.45, 2.75) is 32.2 Å². The maximum Gasteiger partial charge on any atom is 0.0136 e. The predicted molar refractivity (Wildman–Crippen MR) is 38.4 cm³/mol. The molecule has 0 aromatic rings. The number of rotatable bonds is 1. The smallest absolute Gasteiger partial charge is 0.0136 e. The molecule has 1 heterocycles. The molecule has 0 amide bonds. The first-order valence-electron chi connectivity index (χ1n) is 4.16. The highest BCUT2D eigenvalue weighted by atomic mass is 15.2. The molecule has 1 aliphatic carbocycles. The van der Waals surface area contributed by atoms with Crippen LogP contribution in [0.2, 0.25) is 0 Å². The SMILES string of the molecule is CCN1CC2CCCC21. The van der Waals surface area contributed by atoms with Crippen molar-refractivity contribution < 1.29 is 0 Å². The van der Waals surface area contributed by atoms with Crippen molar-refractivity contribution in [1.82, 2.24) is 4.90 Å². The molecule has 2 atom stereocenters. The number of hydrogen-bond donors (Lipinski definition) is 0. The Bertz CT molecular complexity index is 111. The van der Waals surface area contributed by atoms with Gasteiger partial charge in [0.05, 0.1) is 0 Å². The standard InChI is InChI=1S/C8H15N/c1-2-9-6-7-4-3-5-8(7)9/h7-8H,2-6H2,1H3. The molecule has 0 N–H and O–H groups in total. The van der Waals surface area contributed by atoms with Gasteiger partial charge >= 0.3 is 0 Å². The summed E-state index contributed by atoms with van der Waals surface area (Å²) in [4.78, 5) is 2.61. The van der Waals surface area contributed by atoms with Crippen molar-refractivity contribution in [3.63, 3.8) is 0 Å². The third kappa shape index (κ3) is 0.710. The van der Waals surface area contributed by atoms with Crippen LogP contribution in [0.15, 0.2) is 0 Å². The van der Waals surface area contributed by atoms with Gasteiger partial charge in [0.1, 0.15) is 0 Å². The van der Waals surface area contributed by atoms with E-state index >= 15 is 0 Å². The average molecular weight is 125 g/mol. The first-order chi connectivity index (χ1) is 4.42. The molecular formula is C8H15N. The number of fused-ring (bicyclic) bond motifs is 1. The lowest BCUT2D eigenvalue weighted by atomic mass is 9.92. The lowest BCUT2D eigenvalue weighted by molar-refractivity contribution is 0.0444. The first kappa shape index (κ1) is 5.72. The summed E-state index contributed by atoms with van der Waals surface area (Å²) in [7, 11) is 0. The summed E-state index contributed by atoms with van der Waals surface area (Å²) in [5.74, 6) is 1.10. The number of likely N-dealkylation sites (tertiary alicyclic amines) is 1. The number of nitrogens with zero attached hydrogens (tertiary/aromatic N) is 1. The largest absolute Gasteiger partial charge is 0.300 e. The molecule has 0 spiro atoms. The fourth-order valence-corrected chi connectivity index (χ4v) is 2.37. The van der Waals surface area contributed by atoms with E-state index in [9.17, 15) is 0 Å². The van der Waals surface area contributed by atoms with Gasteiger partial charge < -0.3 is 4.90 Å². The highest BCUT2D eigenvalue weighted by Crippen LogP contribution is 2.38. The van der Waals surface area contributed by atoms with Crippen LogP contribution in [0, 0.1) is 5.92 Å². The maximum atomic E-state index is 2.61.